The SMILES string of the molecule is COC[C@@H]1CCCN1C(=O)c1cc2c(cc1F)OC(c1ccc(F)cc1)(c1ccc(F)cc1)O2. The zero-order chi connectivity index (χ0) is 23.9. The molecule has 0 aliphatic carbocycles. The lowest BCUT2D eigenvalue weighted by Crippen LogP contribution is -2.38. The number of carbonyl (C=O) groups is 1. The quantitative estimate of drug-likeness (QED) is 0.526. The van der Waals surface area contributed by atoms with Gasteiger partial charge in [-0.25, -0.2) is 13.2 Å². The van der Waals surface area contributed by atoms with Gasteiger partial charge in [-0.1, -0.05) is 0 Å². The summed E-state index contributed by atoms with van der Waals surface area (Å²) < 4.78 is 59.8. The number of hydrogen-bond donors (Lipinski definition) is 0. The molecule has 5 rings (SSSR count). The fourth-order valence-electron chi connectivity index (χ4n) is 4.55. The van der Waals surface area contributed by atoms with Gasteiger partial charge in [-0.3, -0.25) is 4.79 Å². The van der Waals surface area contributed by atoms with Gasteiger partial charge in [-0.2, -0.15) is 0 Å². The van der Waals surface area contributed by atoms with Gasteiger partial charge in [0, 0.05) is 30.8 Å². The van der Waals surface area contributed by atoms with Crippen molar-refractivity contribution in [3.05, 3.63) is 94.8 Å². The number of likely N-dealkylation sites (tertiary alicyclic amines) is 1. The van der Waals surface area contributed by atoms with Gasteiger partial charge in [-0.05, 0) is 67.4 Å². The monoisotopic (exact) mass is 469 g/mol. The Kier molecular flexibility index (Phi) is 5.69. The highest BCUT2D eigenvalue weighted by Crippen LogP contribution is 2.48. The first-order valence-electron chi connectivity index (χ1n) is 10.9. The first-order chi connectivity index (χ1) is 16.4. The second kappa shape index (κ2) is 8.68. The maximum Gasteiger partial charge on any atom is 0.305 e. The summed E-state index contributed by atoms with van der Waals surface area (Å²) in [6, 6.07) is 13.2. The van der Waals surface area contributed by atoms with Crippen LogP contribution in [0.4, 0.5) is 13.2 Å². The molecule has 0 saturated carbocycles. The molecule has 1 atom stereocenters. The van der Waals surface area contributed by atoms with Crippen LogP contribution >= 0.6 is 0 Å². The van der Waals surface area contributed by atoms with Crippen LogP contribution in [0.15, 0.2) is 60.7 Å². The first kappa shape index (κ1) is 22.3. The smallest absolute Gasteiger partial charge is 0.305 e. The molecular weight excluding hydrogens is 447 g/mol. The van der Waals surface area contributed by atoms with Crippen molar-refractivity contribution >= 4 is 5.91 Å². The number of nitrogens with zero attached hydrogens (tertiary/aromatic N) is 1. The standard InChI is InChI=1S/C26H22F3NO4/c1-32-15-20-3-2-12-30(20)25(31)21-13-23-24(14-22(21)29)34-26(33-23,16-4-8-18(27)9-5-16)17-6-10-19(28)11-7-17/h4-11,13-14,20H,2-3,12,15H2,1H3/t20-/m0/s1. The summed E-state index contributed by atoms with van der Waals surface area (Å²) in [5.41, 5.74) is 0.703. The van der Waals surface area contributed by atoms with Crippen LogP contribution in [0.2, 0.25) is 0 Å². The number of amides is 1. The summed E-state index contributed by atoms with van der Waals surface area (Å²) in [5.74, 6) is -3.48. The molecule has 3 aromatic carbocycles. The van der Waals surface area contributed by atoms with E-state index in [-0.39, 0.29) is 23.1 Å². The van der Waals surface area contributed by atoms with Crippen LogP contribution < -0.4 is 9.47 Å². The van der Waals surface area contributed by atoms with Gasteiger partial charge in [-0.15, -0.1) is 0 Å². The molecule has 2 aliphatic heterocycles. The van der Waals surface area contributed by atoms with Crippen LogP contribution in [0, 0.1) is 17.5 Å². The molecule has 1 amide bonds. The van der Waals surface area contributed by atoms with Crippen molar-refractivity contribution in [1.82, 2.24) is 4.90 Å². The Morgan fingerprint density at radius 2 is 1.53 bits per heavy atom. The second-order valence-electron chi connectivity index (χ2n) is 8.36. The zero-order valence-electron chi connectivity index (χ0n) is 18.4. The van der Waals surface area contributed by atoms with Crippen LogP contribution in [0.5, 0.6) is 11.5 Å². The summed E-state index contributed by atoms with van der Waals surface area (Å²) in [4.78, 5) is 14.8. The van der Waals surface area contributed by atoms with Crippen molar-refractivity contribution in [2.24, 2.45) is 0 Å². The summed E-state index contributed by atoms with van der Waals surface area (Å²) in [7, 11) is 1.56. The number of benzene rings is 3. The van der Waals surface area contributed by atoms with E-state index in [1.54, 1.807) is 12.0 Å². The fourth-order valence-corrected chi connectivity index (χ4v) is 4.55. The predicted molar refractivity (Wildman–Crippen MR) is 117 cm³/mol. The van der Waals surface area contributed by atoms with E-state index < -0.39 is 29.1 Å². The van der Waals surface area contributed by atoms with E-state index in [4.69, 9.17) is 14.2 Å². The maximum absolute atomic E-state index is 15.1. The average Bonchev–Trinajstić information content (AvgIpc) is 3.44. The van der Waals surface area contributed by atoms with Crippen LogP contribution in [0.3, 0.4) is 0 Å². The number of rotatable bonds is 5. The van der Waals surface area contributed by atoms with Crippen molar-refractivity contribution in [2.45, 2.75) is 24.7 Å². The molecule has 8 heteroatoms. The third-order valence-corrected chi connectivity index (χ3v) is 6.22. The molecule has 2 aliphatic rings. The van der Waals surface area contributed by atoms with Gasteiger partial charge in [0.25, 0.3) is 5.91 Å². The minimum atomic E-state index is -1.61. The lowest BCUT2D eigenvalue weighted by atomic mass is 9.97. The molecular formula is C26H22F3NO4. The highest BCUT2D eigenvalue weighted by atomic mass is 19.1. The van der Waals surface area contributed by atoms with E-state index in [1.165, 1.54) is 54.6 Å². The molecule has 1 saturated heterocycles. The van der Waals surface area contributed by atoms with Crippen LogP contribution in [-0.4, -0.2) is 37.1 Å². The van der Waals surface area contributed by atoms with Gasteiger partial charge in [0.2, 0.25) is 0 Å². The molecule has 5 nitrogen and oxygen atoms in total. The van der Waals surface area contributed by atoms with E-state index in [2.05, 4.69) is 0 Å². The topological polar surface area (TPSA) is 48.0 Å². The van der Waals surface area contributed by atoms with E-state index in [9.17, 15) is 13.6 Å². The van der Waals surface area contributed by atoms with E-state index in [0.717, 1.165) is 18.9 Å². The Balaban J connectivity index is 1.54. The van der Waals surface area contributed by atoms with E-state index in [0.29, 0.717) is 24.3 Å². The van der Waals surface area contributed by atoms with Gasteiger partial charge >= 0.3 is 5.79 Å². The molecule has 3 aromatic rings. The van der Waals surface area contributed by atoms with Gasteiger partial charge < -0.3 is 19.1 Å². The molecule has 34 heavy (non-hydrogen) atoms. The Bertz CT molecular complexity index is 1170. The van der Waals surface area contributed by atoms with Crippen LogP contribution in [0.1, 0.15) is 34.3 Å². The molecule has 1 fully saturated rings. The maximum atomic E-state index is 15.1. The summed E-state index contributed by atoms with van der Waals surface area (Å²) in [5, 5.41) is 0. The second-order valence-corrected chi connectivity index (χ2v) is 8.36. The van der Waals surface area contributed by atoms with E-state index in [1.807, 2.05) is 0 Å². The van der Waals surface area contributed by atoms with Crippen molar-refractivity contribution < 1.29 is 32.2 Å². The Hall–Kier alpha value is -3.52. The normalized spacial score (nSPS) is 18.4. The summed E-state index contributed by atoms with van der Waals surface area (Å²) in [6.07, 6.45) is 1.59. The largest absolute Gasteiger partial charge is 0.440 e. The Morgan fingerprint density at radius 3 is 2.09 bits per heavy atom. The fraction of sp³-hybridized carbons (Fsp3) is 0.269. The third kappa shape index (κ3) is 3.77. The van der Waals surface area contributed by atoms with Gasteiger partial charge in [0.1, 0.15) is 17.5 Å². The Morgan fingerprint density at radius 1 is 0.971 bits per heavy atom. The minimum absolute atomic E-state index is 0.0811. The van der Waals surface area contributed by atoms with Crippen molar-refractivity contribution in [3.8, 4) is 11.5 Å². The van der Waals surface area contributed by atoms with Crippen molar-refractivity contribution in [3.63, 3.8) is 0 Å². The highest BCUT2D eigenvalue weighted by molar-refractivity contribution is 5.95. The molecule has 0 bridgehead atoms. The summed E-state index contributed by atoms with van der Waals surface area (Å²) in [6.45, 7) is 0.881. The number of halogens is 3. The molecule has 0 unspecified atom stereocenters. The molecule has 0 aromatic heterocycles. The first-order valence-corrected chi connectivity index (χ1v) is 10.9. The van der Waals surface area contributed by atoms with E-state index >= 15 is 4.39 Å². The molecule has 0 radical (unpaired) electrons. The number of hydrogen-bond acceptors (Lipinski definition) is 4. The van der Waals surface area contributed by atoms with Crippen LogP contribution in [-0.2, 0) is 10.5 Å². The Labute approximate surface area is 194 Å². The molecule has 0 N–H and O–H groups in total. The number of methoxy groups -OCH3 is 1. The summed E-state index contributed by atoms with van der Waals surface area (Å²) >= 11 is 0. The van der Waals surface area contributed by atoms with Gasteiger partial charge in [0.15, 0.2) is 11.5 Å². The molecule has 176 valence electrons. The third-order valence-electron chi connectivity index (χ3n) is 6.22. The highest BCUT2D eigenvalue weighted by Gasteiger charge is 2.46. The van der Waals surface area contributed by atoms with Crippen molar-refractivity contribution in [1.29, 1.82) is 0 Å². The number of carbonyl (C=O) groups excluding carboxylic acids is 1. The zero-order valence-corrected chi connectivity index (χ0v) is 18.4. The van der Waals surface area contributed by atoms with Crippen molar-refractivity contribution in [2.75, 3.05) is 20.3 Å². The van der Waals surface area contributed by atoms with Crippen LogP contribution in [0.25, 0.3) is 0 Å². The van der Waals surface area contributed by atoms with Gasteiger partial charge in [0.05, 0.1) is 18.2 Å². The number of ether oxygens (including phenoxy) is 3. The molecule has 2 heterocycles. The predicted octanol–water partition coefficient (Wildman–Crippen LogP) is 5.03. The lowest BCUT2D eigenvalue weighted by Gasteiger charge is -2.28. The average molecular weight is 469 g/mol. The number of fused-ring (bicyclic) bond motifs is 1. The lowest BCUT2D eigenvalue weighted by molar-refractivity contribution is -0.0460. The minimum Gasteiger partial charge on any atom is -0.440 e. The molecule has 0 spiro atoms.